The summed E-state index contributed by atoms with van der Waals surface area (Å²) >= 11 is 0. The van der Waals surface area contributed by atoms with E-state index in [1.54, 1.807) is 0 Å². The first-order valence-corrected chi connectivity index (χ1v) is 39.6. The summed E-state index contributed by atoms with van der Waals surface area (Å²) in [6.07, 6.45) is 50.1. The van der Waals surface area contributed by atoms with E-state index in [1.807, 2.05) is 0 Å². The van der Waals surface area contributed by atoms with Crippen molar-refractivity contribution in [2.24, 2.45) is 5.92 Å². The lowest BCUT2D eigenvalue weighted by molar-refractivity contribution is -0.161. The SMILES string of the molecule is CCCCCCCCCCCCCCCCCCCCC(=O)O[C@H](COC(=O)CCCCCCCCCCCCCCC)COP(=O)(O)OC[C@@H](O)COP(=O)(O)OC[C@@H](COC(=O)CCCCCCCCCCC)OC(=O)CCCCCCCCC(C)C. The van der Waals surface area contributed by atoms with Gasteiger partial charge in [0, 0.05) is 25.7 Å². The van der Waals surface area contributed by atoms with Crippen LogP contribution in [0.3, 0.4) is 0 Å². The highest BCUT2D eigenvalue weighted by Gasteiger charge is 2.30. The number of ether oxygens (including phenoxy) is 4. The van der Waals surface area contributed by atoms with Crippen LogP contribution in [0.4, 0.5) is 0 Å². The van der Waals surface area contributed by atoms with Crippen LogP contribution in [0.25, 0.3) is 0 Å². The fraction of sp³-hybridized carbons (Fsp3) is 0.943. The molecule has 0 aromatic rings. The Morgan fingerprint density at radius 3 is 0.764 bits per heavy atom. The molecule has 0 heterocycles. The Labute approximate surface area is 543 Å². The molecule has 0 aromatic heterocycles. The number of aliphatic hydroxyl groups is 1. The Hall–Kier alpha value is -1.94. The summed E-state index contributed by atoms with van der Waals surface area (Å²) in [6, 6.07) is 0. The number of unbranched alkanes of at least 4 members (excludes halogenated alkanes) is 42. The lowest BCUT2D eigenvalue weighted by Gasteiger charge is -2.21. The van der Waals surface area contributed by atoms with Gasteiger partial charge in [-0.1, -0.05) is 311 Å². The molecule has 0 aliphatic carbocycles. The van der Waals surface area contributed by atoms with E-state index >= 15 is 0 Å². The van der Waals surface area contributed by atoms with Crippen molar-refractivity contribution >= 4 is 39.5 Å². The van der Waals surface area contributed by atoms with Crippen molar-refractivity contribution in [3.63, 3.8) is 0 Å². The molecule has 0 aromatic carbocycles. The fourth-order valence-corrected chi connectivity index (χ4v) is 12.2. The van der Waals surface area contributed by atoms with Crippen LogP contribution < -0.4 is 0 Å². The Morgan fingerprint density at radius 1 is 0.303 bits per heavy atom. The molecule has 0 bridgehead atoms. The van der Waals surface area contributed by atoms with Gasteiger partial charge in [-0.2, -0.15) is 0 Å². The van der Waals surface area contributed by atoms with Crippen LogP contribution in [-0.2, 0) is 65.4 Å². The second kappa shape index (κ2) is 63.5. The lowest BCUT2D eigenvalue weighted by Crippen LogP contribution is -2.30. The predicted molar refractivity (Wildman–Crippen MR) is 358 cm³/mol. The molecule has 2 unspecified atom stereocenters. The smallest absolute Gasteiger partial charge is 0.462 e. The molecule has 3 N–H and O–H groups in total. The Kier molecular flexibility index (Phi) is 62.1. The number of carbonyl (C=O) groups is 4. The van der Waals surface area contributed by atoms with Gasteiger partial charge >= 0.3 is 39.5 Å². The summed E-state index contributed by atoms with van der Waals surface area (Å²) in [5, 5.41) is 10.6. The number of phosphoric ester groups is 2. The van der Waals surface area contributed by atoms with Crippen molar-refractivity contribution in [3.8, 4) is 0 Å². The molecule has 5 atom stereocenters. The number of aliphatic hydroxyl groups excluding tert-OH is 1. The topological polar surface area (TPSA) is 237 Å². The van der Waals surface area contributed by atoms with Gasteiger partial charge in [-0.25, -0.2) is 9.13 Å². The first-order chi connectivity index (χ1) is 43.0. The minimum atomic E-state index is -4.95. The molecule has 0 saturated carbocycles. The number of rotatable bonds is 70. The van der Waals surface area contributed by atoms with Crippen molar-refractivity contribution in [2.45, 2.75) is 380 Å². The number of carbonyl (C=O) groups excluding carboxylic acids is 4. The maximum atomic E-state index is 13.0. The third-order valence-electron chi connectivity index (χ3n) is 16.3. The van der Waals surface area contributed by atoms with Crippen LogP contribution in [0.5, 0.6) is 0 Å². The molecule has 89 heavy (non-hydrogen) atoms. The van der Waals surface area contributed by atoms with Crippen molar-refractivity contribution in [2.75, 3.05) is 39.6 Å². The zero-order chi connectivity index (χ0) is 65.6. The first-order valence-electron chi connectivity index (χ1n) is 36.6. The van der Waals surface area contributed by atoms with Gasteiger partial charge < -0.3 is 33.8 Å². The second-order valence-electron chi connectivity index (χ2n) is 25.7. The van der Waals surface area contributed by atoms with E-state index in [-0.39, 0.29) is 25.7 Å². The molecule has 0 saturated heterocycles. The largest absolute Gasteiger partial charge is 0.472 e. The standard InChI is InChI=1S/C70H136O17P2/c1-6-9-12-15-18-21-23-25-26-27-28-29-31-33-36-39-45-50-55-69(74)86-65(59-81-68(73)54-49-44-38-35-32-30-24-22-19-16-13-10-7-2)61-84-88(76,77)82-57-64(71)58-83-89(78,79)85-62-66(87-70(75)56-51-46-41-40-42-47-52-63(4)5)60-80-67(72)53-48-43-37-34-20-17-14-11-8-3/h63-66,71H,6-62H2,1-5H3,(H,76,77)(H,78,79)/t64-,65-,66-/m1/s1. The summed E-state index contributed by atoms with van der Waals surface area (Å²) in [5.41, 5.74) is 0. The lowest BCUT2D eigenvalue weighted by atomic mass is 10.0. The average Bonchev–Trinajstić information content (AvgIpc) is 3.64. The molecule has 0 amide bonds. The normalized spacial score (nSPS) is 14.1. The second-order valence-corrected chi connectivity index (χ2v) is 28.7. The summed E-state index contributed by atoms with van der Waals surface area (Å²) in [5.74, 6) is -1.46. The van der Waals surface area contributed by atoms with Gasteiger partial charge in [-0.3, -0.25) is 37.3 Å². The van der Waals surface area contributed by atoms with E-state index in [0.29, 0.717) is 31.6 Å². The highest BCUT2D eigenvalue weighted by atomic mass is 31.2. The van der Waals surface area contributed by atoms with Gasteiger partial charge in [0.1, 0.15) is 19.3 Å². The summed E-state index contributed by atoms with van der Waals surface area (Å²) in [7, 11) is -9.89. The summed E-state index contributed by atoms with van der Waals surface area (Å²) in [6.45, 7) is 7.14. The van der Waals surface area contributed by atoms with E-state index in [2.05, 4.69) is 34.6 Å². The molecular weight excluding hydrogens is 1170 g/mol. The van der Waals surface area contributed by atoms with Gasteiger partial charge in [0.2, 0.25) is 0 Å². The maximum absolute atomic E-state index is 13.0. The maximum Gasteiger partial charge on any atom is 0.472 e. The average molecular weight is 1310 g/mol. The molecule has 19 heteroatoms. The zero-order valence-electron chi connectivity index (χ0n) is 57.6. The van der Waals surface area contributed by atoms with E-state index < -0.39 is 97.5 Å². The number of hydrogen-bond acceptors (Lipinski definition) is 15. The Morgan fingerprint density at radius 2 is 0.517 bits per heavy atom. The van der Waals surface area contributed by atoms with E-state index in [4.69, 9.17) is 37.0 Å². The van der Waals surface area contributed by atoms with Crippen molar-refractivity contribution in [1.82, 2.24) is 0 Å². The Balaban J connectivity index is 5.20. The summed E-state index contributed by atoms with van der Waals surface area (Å²) in [4.78, 5) is 72.4. The quantitative estimate of drug-likeness (QED) is 0.0222. The third kappa shape index (κ3) is 64.6. The van der Waals surface area contributed by atoms with Gasteiger partial charge in [-0.15, -0.1) is 0 Å². The molecule has 0 spiro atoms. The minimum Gasteiger partial charge on any atom is -0.462 e. The van der Waals surface area contributed by atoms with Crippen LogP contribution in [0.1, 0.15) is 362 Å². The van der Waals surface area contributed by atoms with Crippen LogP contribution in [0, 0.1) is 5.92 Å². The molecule has 0 aliphatic heterocycles. The van der Waals surface area contributed by atoms with Gasteiger partial charge in [-0.05, 0) is 31.6 Å². The van der Waals surface area contributed by atoms with Crippen LogP contribution in [-0.4, -0.2) is 96.7 Å². The molecule has 528 valence electrons. The van der Waals surface area contributed by atoms with Crippen LogP contribution in [0.2, 0.25) is 0 Å². The number of phosphoric acid groups is 2. The first kappa shape index (κ1) is 87.1. The van der Waals surface area contributed by atoms with E-state index in [0.717, 1.165) is 89.9 Å². The van der Waals surface area contributed by atoms with E-state index in [9.17, 15) is 43.2 Å². The predicted octanol–water partition coefficient (Wildman–Crippen LogP) is 20.1. The van der Waals surface area contributed by atoms with Gasteiger partial charge in [0.15, 0.2) is 12.2 Å². The van der Waals surface area contributed by atoms with Crippen molar-refractivity contribution in [3.05, 3.63) is 0 Å². The van der Waals surface area contributed by atoms with Crippen LogP contribution >= 0.6 is 15.6 Å². The van der Waals surface area contributed by atoms with Crippen molar-refractivity contribution < 1.29 is 80.2 Å². The highest BCUT2D eigenvalue weighted by molar-refractivity contribution is 7.47. The van der Waals surface area contributed by atoms with Crippen LogP contribution in [0.15, 0.2) is 0 Å². The van der Waals surface area contributed by atoms with Gasteiger partial charge in [0.25, 0.3) is 0 Å². The molecule has 0 fully saturated rings. The zero-order valence-corrected chi connectivity index (χ0v) is 59.4. The molecule has 0 rings (SSSR count). The molecular formula is C70H136O17P2. The monoisotopic (exact) mass is 1310 g/mol. The van der Waals surface area contributed by atoms with E-state index in [1.165, 1.54) is 186 Å². The van der Waals surface area contributed by atoms with Crippen molar-refractivity contribution in [1.29, 1.82) is 0 Å². The third-order valence-corrected chi connectivity index (χ3v) is 18.2. The minimum absolute atomic E-state index is 0.102. The summed E-state index contributed by atoms with van der Waals surface area (Å²) < 4.78 is 68.2. The number of hydrogen-bond donors (Lipinski definition) is 3. The highest BCUT2D eigenvalue weighted by Crippen LogP contribution is 2.45. The number of esters is 4. The fourth-order valence-electron chi connectivity index (χ4n) is 10.6. The Bertz CT molecular complexity index is 1720. The van der Waals surface area contributed by atoms with Gasteiger partial charge in [0.05, 0.1) is 26.4 Å². The molecule has 17 nitrogen and oxygen atoms in total. The molecule has 0 aliphatic rings. The molecule has 0 radical (unpaired) electrons.